The summed E-state index contributed by atoms with van der Waals surface area (Å²) in [6.07, 6.45) is -1.67. The monoisotopic (exact) mass is 362 g/mol. The molecule has 3 aromatic rings. The Kier molecular flexibility index (Phi) is 4.67. The molecule has 4 nitrogen and oxygen atoms in total. The van der Waals surface area contributed by atoms with Gasteiger partial charge in [0.05, 0.1) is 22.6 Å². The maximum atomic E-state index is 14.2. The quantitative estimate of drug-likeness (QED) is 0.642. The van der Waals surface area contributed by atoms with Crippen LogP contribution in [0.4, 0.5) is 17.6 Å². The van der Waals surface area contributed by atoms with Gasteiger partial charge in [-0.3, -0.25) is 0 Å². The van der Waals surface area contributed by atoms with Crippen LogP contribution in [-0.4, -0.2) is 19.9 Å². The molecule has 26 heavy (non-hydrogen) atoms. The fraction of sp³-hybridized carbons (Fsp3) is 0.222. The Hall–Kier alpha value is -2.90. The summed E-state index contributed by atoms with van der Waals surface area (Å²) in [7, 11) is 0. The number of alkyl halides is 3. The number of nitrogens with zero attached hydrogens (tertiary/aromatic N) is 4. The van der Waals surface area contributed by atoms with Crippen molar-refractivity contribution >= 4 is 0 Å². The second-order valence-corrected chi connectivity index (χ2v) is 5.77. The summed E-state index contributed by atoms with van der Waals surface area (Å²) in [4.78, 5) is 16.6. The van der Waals surface area contributed by atoms with E-state index in [-0.39, 0.29) is 5.56 Å². The van der Waals surface area contributed by atoms with Crippen molar-refractivity contribution < 1.29 is 17.6 Å². The van der Waals surface area contributed by atoms with Gasteiger partial charge in [-0.05, 0) is 36.8 Å². The molecule has 0 aliphatic rings. The summed E-state index contributed by atoms with van der Waals surface area (Å²) in [5, 5.41) is 0. The van der Waals surface area contributed by atoms with Crippen molar-refractivity contribution in [1.29, 1.82) is 0 Å². The lowest BCUT2D eigenvalue weighted by Gasteiger charge is -2.15. The molecule has 1 atom stereocenters. The van der Waals surface area contributed by atoms with E-state index in [1.807, 2.05) is 0 Å². The van der Waals surface area contributed by atoms with Gasteiger partial charge in [0.25, 0.3) is 0 Å². The predicted molar refractivity (Wildman–Crippen MR) is 86.7 cm³/mol. The highest BCUT2D eigenvalue weighted by Crippen LogP contribution is 2.33. The minimum Gasteiger partial charge on any atom is -0.242 e. The maximum absolute atomic E-state index is 14.2. The number of rotatable bonds is 3. The Morgan fingerprint density at radius 1 is 0.962 bits per heavy atom. The molecular weight excluding hydrogens is 348 g/mol. The minimum absolute atomic E-state index is 0.126. The number of aromatic nitrogens is 4. The highest BCUT2D eigenvalue weighted by atomic mass is 19.4. The molecule has 0 unspecified atom stereocenters. The number of halogens is 4. The summed E-state index contributed by atoms with van der Waals surface area (Å²) < 4.78 is 52.3. The first-order valence-corrected chi connectivity index (χ1v) is 7.74. The molecule has 8 heteroatoms. The minimum atomic E-state index is -4.59. The van der Waals surface area contributed by atoms with Crippen LogP contribution in [0.5, 0.6) is 0 Å². The molecule has 0 N–H and O–H groups in total. The zero-order valence-electron chi connectivity index (χ0n) is 13.9. The lowest BCUT2D eigenvalue weighted by atomic mass is 9.95. The van der Waals surface area contributed by atoms with E-state index in [1.54, 1.807) is 32.2 Å². The van der Waals surface area contributed by atoms with Crippen molar-refractivity contribution in [3.8, 4) is 11.4 Å². The van der Waals surface area contributed by atoms with Gasteiger partial charge in [-0.2, -0.15) is 13.2 Å². The van der Waals surface area contributed by atoms with E-state index in [1.165, 1.54) is 6.33 Å². The van der Waals surface area contributed by atoms with Gasteiger partial charge in [0, 0.05) is 12.1 Å². The molecule has 0 saturated carbocycles. The third-order valence-corrected chi connectivity index (χ3v) is 3.96. The summed E-state index contributed by atoms with van der Waals surface area (Å²) in [5.41, 5.74) is 0.693. The first kappa shape index (κ1) is 17.9. The normalized spacial score (nSPS) is 12.8. The summed E-state index contributed by atoms with van der Waals surface area (Å²) >= 11 is 0. The van der Waals surface area contributed by atoms with Gasteiger partial charge in [-0.15, -0.1) is 0 Å². The van der Waals surface area contributed by atoms with E-state index in [0.717, 1.165) is 12.1 Å². The molecule has 0 bridgehead atoms. The van der Waals surface area contributed by atoms with Gasteiger partial charge in [0.2, 0.25) is 0 Å². The van der Waals surface area contributed by atoms with Gasteiger partial charge < -0.3 is 0 Å². The number of hydrogen-bond donors (Lipinski definition) is 0. The van der Waals surface area contributed by atoms with Crippen LogP contribution >= 0.6 is 0 Å². The van der Waals surface area contributed by atoms with E-state index in [2.05, 4.69) is 19.9 Å². The largest absolute Gasteiger partial charge is 0.416 e. The number of aryl methyl sites for hydroxylation is 1. The Bertz CT molecular complexity index is 940. The van der Waals surface area contributed by atoms with E-state index in [4.69, 9.17) is 0 Å². The van der Waals surface area contributed by atoms with Crippen molar-refractivity contribution in [2.45, 2.75) is 25.9 Å². The lowest BCUT2D eigenvalue weighted by molar-refractivity contribution is -0.137. The van der Waals surface area contributed by atoms with E-state index in [9.17, 15) is 17.6 Å². The van der Waals surface area contributed by atoms with E-state index in [0.29, 0.717) is 29.0 Å². The third kappa shape index (κ3) is 3.68. The van der Waals surface area contributed by atoms with Crippen LogP contribution in [0.25, 0.3) is 11.4 Å². The second kappa shape index (κ2) is 6.78. The number of hydrogen-bond acceptors (Lipinski definition) is 4. The molecule has 0 amide bonds. The SMILES string of the molecule is Cc1nccc(-c2cc([C@H](C)c3ccc(C(F)(F)F)cc3F)ncn2)n1. The van der Waals surface area contributed by atoms with E-state index < -0.39 is 23.5 Å². The van der Waals surface area contributed by atoms with Crippen LogP contribution in [-0.2, 0) is 6.18 Å². The van der Waals surface area contributed by atoms with Gasteiger partial charge in [0.1, 0.15) is 18.0 Å². The third-order valence-electron chi connectivity index (χ3n) is 3.96. The first-order chi connectivity index (χ1) is 12.3. The number of benzene rings is 1. The fourth-order valence-corrected chi connectivity index (χ4v) is 2.56. The van der Waals surface area contributed by atoms with Crippen molar-refractivity contribution in [3.63, 3.8) is 0 Å². The molecular formula is C18H14F4N4. The van der Waals surface area contributed by atoms with Crippen LogP contribution in [0.3, 0.4) is 0 Å². The zero-order chi connectivity index (χ0) is 18.9. The van der Waals surface area contributed by atoms with Crippen molar-refractivity contribution in [3.05, 3.63) is 71.3 Å². The Morgan fingerprint density at radius 2 is 1.73 bits per heavy atom. The van der Waals surface area contributed by atoms with Crippen LogP contribution in [0.1, 0.15) is 35.5 Å². The highest BCUT2D eigenvalue weighted by Gasteiger charge is 2.31. The highest BCUT2D eigenvalue weighted by molar-refractivity contribution is 5.54. The Labute approximate surface area is 147 Å². The van der Waals surface area contributed by atoms with Crippen LogP contribution in [0.15, 0.2) is 42.9 Å². The summed E-state index contributed by atoms with van der Waals surface area (Å²) in [5.74, 6) is -0.906. The average Bonchev–Trinajstić information content (AvgIpc) is 2.60. The first-order valence-electron chi connectivity index (χ1n) is 7.74. The van der Waals surface area contributed by atoms with Crippen molar-refractivity contribution in [2.75, 3.05) is 0 Å². The molecule has 134 valence electrons. The molecule has 0 saturated heterocycles. The summed E-state index contributed by atoms with van der Waals surface area (Å²) in [6, 6.07) is 5.83. The van der Waals surface area contributed by atoms with Crippen molar-refractivity contribution in [1.82, 2.24) is 19.9 Å². The molecule has 0 fully saturated rings. The smallest absolute Gasteiger partial charge is 0.242 e. The standard InChI is InChI=1S/C18H14F4N4/c1-10(13-4-3-12(7-14(13)19)18(20,21)22)16-8-17(25-9-24-16)15-5-6-23-11(2)26-15/h3-10H,1-2H3/t10-/m1/s1. The predicted octanol–water partition coefficient (Wildman–Crippen LogP) is 4.55. The molecule has 0 aliphatic carbocycles. The average molecular weight is 362 g/mol. The molecule has 0 radical (unpaired) electrons. The summed E-state index contributed by atoms with van der Waals surface area (Å²) in [6.45, 7) is 3.41. The molecule has 1 aromatic carbocycles. The molecule has 3 rings (SSSR count). The fourth-order valence-electron chi connectivity index (χ4n) is 2.56. The zero-order valence-corrected chi connectivity index (χ0v) is 13.9. The Balaban J connectivity index is 1.96. The van der Waals surface area contributed by atoms with Crippen LogP contribution in [0.2, 0.25) is 0 Å². The van der Waals surface area contributed by atoms with Crippen molar-refractivity contribution in [2.24, 2.45) is 0 Å². The van der Waals surface area contributed by atoms with Crippen LogP contribution in [0, 0.1) is 12.7 Å². The van der Waals surface area contributed by atoms with Gasteiger partial charge >= 0.3 is 6.18 Å². The molecule has 2 aromatic heterocycles. The Morgan fingerprint density at radius 3 is 2.38 bits per heavy atom. The molecule has 2 heterocycles. The van der Waals surface area contributed by atoms with Gasteiger partial charge in [-0.25, -0.2) is 24.3 Å². The maximum Gasteiger partial charge on any atom is 0.416 e. The second-order valence-electron chi connectivity index (χ2n) is 5.77. The van der Waals surface area contributed by atoms with E-state index >= 15 is 0 Å². The molecule has 0 aliphatic heterocycles. The van der Waals surface area contributed by atoms with Crippen LogP contribution < -0.4 is 0 Å². The van der Waals surface area contributed by atoms with Gasteiger partial charge in [0.15, 0.2) is 0 Å². The lowest BCUT2D eigenvalue weighted by Crippen LogP contribution is -2.08. The van der Waals surface area contributed by atoms with Gasteiger partial charge in [-0.1, -0.05) is 13.0 Å². The topological polar surface area (TPSA) is 51.6 Å². The molecule has 0 spiro atoms.